The lowest BCUT2D eigenvalue weighted by molar-refractivity contribution is -1.18. The number of quaternary nitrogens is 1. The fourth-order valence-corrected chi connectivity index (χ4v) is 4.74. The van der Waals surface area contributed by atoms with Gasteiger partial charge in [-0.1, -0.05) is 90.5 Å². The summed E-state index contributed by atoms with van der Waals surface area (Å²) in [5.41, 5.74) is 8.08. The van der Waals surface area contributed by atoms with E-state index in [0.717, 1.165) is 5.56 Å². The average Bonchev–Trinajstić information content (AvgIpc) is 3.11. The standard InChI is InChI=1S/C27H23NO3/c1-19-11-13-20(14-12-19)27(21-15-17-22(18-16-21)31-28(29)30-2)25-9-5-3-7-23(25)24-8-4-6-10-26(24)27/h3-18,28H,1-2H3. The second kappa shape index (κ2) is 7.67. The molecule has 1 unspecified atom stereocenters. The molecule has 1 atom stereocenters. The molecule has 0 spiro atoms. The number of benzene rings is 4. The fraction of sp³-hybridized carbons (Fsp3) is 0.111. The van der Waals surface area contributed by atoms with Crippen molar-refractivity contribution in [3.05, 3.63) is 130 Å². The molecule has 4 heteroatoms. The zero-order valence-corrected chi connectivity index (χ0v) is 17.5. The van der Waals surface area contributed by atoms with Crippen LogP contribution in [0.15, 0.2) is 97.1 Å². The largest absolute Gasteiger partial charge is 0.556 e. The maximum Gasteiger partial charge on any atom is 0.195 e. The smallest absolute Gasteiger partial charge is 0.195 e. The summed E-state index contributed by atoms with van der Waals surface area (Å²) in [6, 6.07) is 33.7. The van der Waals surface area contributed by atoms with Gasteiger partial charge in [0.15, 0.2) is 5.75 Å². The van der Waals surface area contributed by atoms with Crippen molar-refractivity contribution in [3.63, 3.8) is 0 Å². The van der Waals surface area contributed by atoms with E-state index >= 15 is 0 Å². The Hall–Kier alpha value is -3.44. The van der Waals surface area contributed by atoms with Gasteiger partial charge in [-0.25, -0.2) is 0 Å². The second-order valence-corrected chi connectivity index (χ2v) is 7.79. The van der Waals surface area contributed by atoms with Crippen molar-refractivity contribution >= 4 is 0 Å². The van der Waals surface area contributed by atoms with Crippen molar-refractivity contribution < 1.29 is 15.1 Å². The SMILES string of the molecule is CO[NH+]([O-])Oc1ccc(C2(c3ccc(C)cc3)c3ccccc3-c3ccccc32)cc1. The minimum Gasteiger partial charge on any atom is -0.556 e. The van der Waals surface area contributed by atoms with E-state index in [9.17, 15) is 5.21 Å². The molecule has 0 heterocycles. The van der Waals surface area contributed by atoms with Gasteiger partial charge < -0.3 is 5.21 Å². The number of fused-ring (bicyclic) bond motifs is 3. The lowest BCUT2D eigenvalue weighted by Crippen LogP contribution is -3.07. The monoisotopic (exact) mass is 409 g/mol. The van der Waals surface area contributed by atoms with Gasteiger partial charge in [-0.15, -0.1) is 0 Å². The van der Waals surface area contributed by atoms with Gasteiger partial charge >= 0.3 is 0 Å². The summed E-state index contributed by atoms with van der Waals surface area (Å²) in [6.07, 6.45) is 0. The number of nitrogens with one attached hydrogen (secondary N) is 1. The minimum absolute atomic E-state index is 0.453. The average molecular weight is 409 g/mol. The highest BCUT2D eigenvalue weighted by molar-refractivity contribution is 5.86. The summed E-state index contributed by atoms with van der Waals surface area (Å²) < 4.78 is 0. The molecule has 0 fully saturated rings. The first-order valence-electron chi connectivity index (χ1n) is 10.3. The summed E-state index contributed by atoms with van der Waals surface area (Å²) in [7, 11) is 1.30. The van der Waals surface area contributed by atoms with Crippen molar-refractivity contribution in [1.82, 2.24) is 0 Å². The van der Waals surface area contributed by atoms with Crippen LogP contribution >= 0.6 is 0 Å². The van der Waals surface area contributed by atoms with Crippen LogP contribution < -0.4 is 10.2 Å². The molecule has 5 rings (SSSR count). The maximum absolute atomic E-state index is 11.5. The molecule has 0 bridgehead atoms. The highest BCUT2D eigenvalue weighted by Crippen LogP contribution is 2.55. The summed E-state index contributed by atoms with van der Waals surface area (Å²) >= 11 is 0. The van der Waals surface area contributed by atoms with Crippen LogP contribution in [-0.2, 0) is 10.3 Å². The van der Waals surface area contributed by atoms with Gasteiger partial charge in [0.1, 0.15) is 7.11 Å². The van der Waals surface area contributed by atoms with E-state index in [1.54, 1.807) is 0 Å². The first kappa shape index (κ1) is 19.5. The van der Waals surface area contributed by atoms with Gasteiger partial charge in [-0.2, -0.15) is 4.84 Å². The van der Waals surface area contributed by atoms with Crippen molar-refractivity contribution in [2.75, 3.05) is 7.11 Å². The lowest BCUT2D eigenvalue weighted by atomic mass is 9.67. The number of aryl methyl sites for hydroxylation is 1. The summed E-state index contributed by atoms with van der Waals surface area (Å²) in [5, 5.41) is 10.8. The van der Waals surface area contributed by atoms with Crippen LogP contribution in [0.25, 0.3) is 11.1 Å². The van der Waals surface area contributed by atoms with Crippen LogP contribution in [0.5, 0.6) is 5.75 Å². The molecule has 0 aliphatic heterocycles. The first-order valence-corrected chi connectivity index (χ1v) is 10.3. The minimum atomic E-state index is -0.724. The van der Waals surface area contributed by atoms with Crippen LogP contribution in [0.4, 0.5) is 0 Å². The van der Waals surface area contributed by atoms with Crippen molar-refractivity contribution in [2.45, 2.75) is 12.3 Å². The van der Waals surface area contributed by atoms with Crippen LogP contribution in [0.1, 0.15) is 27.8 Å². The van der Waals surface area contributed by atoms with E-state index in [1.807, 2.05) is 24.3 Å². The number of hydrogen-bond donors (Lipinski definition) is 1. The normalized spacial score (nSPS) is 14.5. The molecule has 0 saturated heterocycles. The Morgan fingerprint density at radius 2 is 1.16 bits per heavy atom. The van der Waals surface area contributed by atoms with E-state index in [4.69, 9.17) is 4.84 Å². The molecular weight excluding hydrogens is 386 g/mol. The van der Waals surface area contributed by atoms with Gasteiger partial charge in [0.05, 0.1) is 5.41 Å². The summed E-state index contributed by atoms with van der Waals surface area (Å²) in [4.78, 5) is 9.83. The van der Waals surface area contributed by atoms with Gasteiger partial charge in [0.2, 0.25) is 0 Å². The molecule has 4 aromatic carbocycles. The predicted molar refractivity (Wildman–Crippen MR) is 120 cm³/mol. The summed E-state index contributed by atoms with van der Waals surface area (Å²) in [5.74, 6) is 0.453. The molecule has 0 aromatic heterocycles. The Bertz CT molecular complexity index is 1170. The van der Waals surface area contributed by atoms with Gasteiger partial charge in [0.25, 0.3) is 0 Å². The third-order valence-corrected chi connectivity index (χ3v) is 6.09. The zero-order chi connectivity index (χ0) is 21.4. The van der Waals surface area contributed by atoms with Gasteiger partial charge in [-0.3, -0.25) is 4.84 Å². The molecule has 154 valence electrons. The van der Waals surface area contributed by atoms with Crippen molar-refractivity contribution in [1.29, 1.82) is 0 Å². The third kappa shape index (κ3) is 3.04. The second-order valence-electron chi connectivity index (χ2n) is 7.79. The molecule has 4 nitrogen and oxygen atoms in total. The first-order chi connectivity index (χ1) is 15.1. The third-order valence-electron chi connectivity index (χ3n) is 6.09. The van der Waals surface area contributed by atoms with Crippen molar-refractivity contribution in [2.24, 2.45) is 0 Å². The Morgan fingerprint density at radius 3 is 1.68 bits per heavy atom. The maximum atomic E-state index is 11.5. The van der Waals surface area contributed by atoms with Gasteiger partial charge in [0, 0.05) is 0 Å². The Balaban J connectivity index is 1.78. The fourth-order valence-electron chi connectivity index (χ4n) is 4.74. The van der Waals surface area contributed by atoms with E-state index < -0.39 is 10.8 Å². The summed E-state index contributed by atoms with van der Waals surface area (Å²) in [6.45, 7) is 2.10. The molecule has 0 radical (unpaired) electrons. The molecule has 31 heavy (non-hydrogen) atoms. The van der Waals surface area contributed by atoms with E-state index in [0.29, 0.717) is 5.75 Å². The van der Waals surface area contributed by atoms with Gasteiger partial charge in [-0.05, 0) is 57.8 Å². The lowest BCUT2D eigenvalue weighted by Gasteiger charge is -2.34. The van der Waals surface area contributed by atoms with Crippen LogP contribution in [0.2, 0.25) is 0 Å². The van der Waals surface area contributed by atoms with E-state index in [-0.39, 0.29) is 0 Å². The molecule has 1 N–H and O–H groups in total. The quantitative estimate of drug-likeness (QED) is 0.432. The van der Waals surface area contributed by atoms with Crippen LogP contribution in [0, 0.1) is 12.1 Å². The molecule has 4 aromatic rings. The van der Waals surface area contributed by atoms with Crippen LogP contribution in [0.3, 0.4) is 0 Å². The Labute approximate surface area is 181 Å². The highest BCUT2D eigenvalue weighted by atomic mass is 17.1. The molecule has 0 saturated carbocycles. The number of hydrogen-bond acceptors (Lipinski definition) is 3. The topological polar surface area (TPSA) is 46.0 Å². The Morgan fingerprint density at radius 1 is 0.677 bits per heavy atom. The molecule has 0 amide bonds. The Kier molecular flexibility index (Phi) is 4.83. The number of rotatable bonds is 5. The van der Waals surface area contributed by atoms with E-state index in [1.165, 1.54) is 40.5 Å². The molecule has 1 aliphatic carbocycles. The predicted octanol–water partition coefficient (Wildman–Crippen LogP) is 4.60. The molecular formula is C27H23NO3. The molecule has 1 aliphatic rings. The highest BCUT2D eigenvalue weighted by Gasteiger charge is 2.45. The van der Waals surface area contributed by atoms with E-state index in [2.05, 4.69) is 84.6 Å². The van der Waals surface area contributed by atoms with Crippen molar-refractivity contribution in [3.8, 4) is 16.9 Å². The zero-order valence-electron chi connectivity index (χ0n) is 17.5. The van der Waals surface area contributed by atoms with Crippen LogP contribution in [-0.4, -0.2) is 7.11 Å².